The minimum Gasteiger partial charge on any atom is -0.465 e. The third-order valence-electron chi connectivity index (χ3n) is 5.40. The van der Waals surface area contributed by atoms with Crippen molar-refractivity contribution in [1.82, 2.24) is 18.7 Å². The summed E-state index contributed by atoms with van der Waals surface area (Å²) >= 11 is 1.04. The van der Waals surface area contributed by atoms with E-state index in [0.29, 0.717) is 18.7 Å². The summed E-state index contributed by atoms with van der Waals surface area (Å²) in [6.45, 7) is 0.534. The van der Waals surface area contributed by atoms with Gasteiger partial charge in [0.25, 0.3) is 0 Å². The largest absolute Gasteiger partial charge is 0.465 e. The summed E-state index contributed by atoms with van der Waals surface area (Å²) in [7, 11) is -0.994. The third kappa shape index (κ3) is 3.84. The molecule has 0 unspecified atom stereocenters. The Morgan fingerprint density at radius 3 is 2.48 bits per heavy atom. The summed E-state index contributed by atoms with van der Waals surface area (Å²) in [6.07, 6.45) is 1.03. The average molecular weight is 463 g/mol. The Labute approximate surface area is 183 Å². The lowest BCUT2D eigenvalue weighted by Crippen LogP contribution is -2.38. The summed E-state index contributed by atoms with van der Waals surface area (Å²) in [5.41, 5.74) is 0.490. The van der Waals surface area contributed by atoms with Gasteiger partial charge in [-0.25, -0.2) is 27.3 Å². The van der Waals surface area contributed by atoms with Gasteiger partial charge in [-0.15, -0.1) is 11.3 Å². The number of benzene rings is 1. The van der Waals surface area contributed by atoms with E-state index in [1.807, 2.05) is 30.3 Å². The molecule has 0 spiro atoms. The van der Waals surface area contributed by atoms with Crippen LogP contribution < -0.4 is 5.69 Å². The molecule has 0 atom stereocenters. The van der Waals surface area contributed by atoms with Crippen LogP contribution in [0.25, 0.3) is 5.69 Å². The molecule has 0 amide bonds. The lowest BCUT2D eigenvalue weighted by molar-refractivity contribution is 0.0602. The van der Waals surface area contributed by atoms with Crippen LogP contribution in [0.2, 0.25) is 0 Å². The molecule has 0 radical (unpaired) electrons. The Kier molecular flexibility index (Phi) is 5.82. The molecule has 9 nitrogen and oxygen atoms in total. The number of nitrogens with zero attached hydrogens (tertiary/aromatic N) is 4. The smallest absolute Gasteiger partial charge is 0.350 e. The molecule has 1 fully saturated rings. The van der Waals surface area contributed by atoms with E-state index < -0.39 is 16.0 Å². The molecule has 0 saturated carbocycles. The van der Waals surface area contributed by atoms with Gasteiger partial charge in [-0.3, -0.25) is 0 Å². The quantitative estimate of drug-likeness (QED) is 0.537. The van der Waals surface area contributed by atoms with Crippen LogP contribution in [0.5, 0.6) is 0 Å². The Morgan fingerprint density at radius 2 is 1.84 bits per heavy atom. The molecule has 0 aliphatic carbocycles. The van der Waals surface area contributed by atoms with Crippen molar-refractivity contribution < 1.29 is 17.9 Å². The van der Waals surface area contributed by atoms with Crippen LogP contribution in [0.1, 0.15) is 34.3 Å². The summed E-state index contributed by atoms with van der Waals surface area (Å²) in [6, 6.07) is 10.7. The van der Waals surface area contributed by atoms with Gasteiger partial charge in [0.15, 0.2) is 0 Å². The number of sulfonamides is 1. The van der Waals surface area contributed by atoms with Crippen molar-refractivity contribution in [2.24, 2.45) is 7.05 Å². The lowest BCUT2D eigenvalue weighted by atomic mass is 9.97. The number of piperidine rings is 1. The van der Waals surface area contributed by atoms with Gasteiger partial charge in [0, 0.05) is 26.1 Å². The number of carbonyl (C=O) groups is 1. The maximum atomic E-state index is 13.1. The number of aromatic nitrogens is 3. The highest BCUT2D eigenvalue weighted by Gasteiger charge is 2.35. The monoisotopic (exact) mass is 462 g/mol. The van der Waals surface area contributed by atoms with Crippen molar-refractivity contribution in [2.45, 2.75) is 23.7 Å². The van der Waals surface area contributed by atoms with E-state index in [2.05, 4.69) is 5.10 Å². The molecule has 1 aliphatic heterocycles. The maximum absolute atomic E-state index is 13.1. The SMILES string of the molecule is COC(=O)c1sccc1S(=O)(=O)N1CCC(c2nn(C)c(=O)n2-c2ccccc2)CC1. The minimum atomic E-state index is -3.83. The molecule has 4 rings (SSSR count). The van der Waals surface area contributed by atoms with Gasteiger partial charge in [0.1, 0.15) is 15.6 Å². The Hall–Kier alpha value is -2.76. The predicted molar refractivity (Wildman–Crippen MR) is 115 cm³/mol. The number of aryl methyl sites for hydroxylation is 1. The van der Waals surface area contributed by atoms with Crippen molar-refractivity contribution >= 4 is 27.3 Å². The summed E-state index contributed by atoms with van der Waals surface area (Å²) in [4.78, 5) is 24.6. The van der Waals surface area contributed by atoms with Crippen molar-refractivity contribution in [3.05, 3.63) is 63.0 Å². The van der Waals surface area contributed by atoms with E-state index in [4.69, 9.17) is 4.74 Å². The molecule has 1 aromatic carbocycles. The second kappa shape index (κ2) is 8.40. The van der Waals surface area contributed by atoms with E-state index in [9.17, 15) is 18.0 Å². The number of hydrogen-bond donors (Lipinski definition) is 0. The Morgan fingerprint density at radius 1 is 1.16 bits per heavy atom. The molecule has 3 aromatic rings. The van der Waals surface area contributed by atoms with Crippen LogP contribution in [0.15, 0.2) is 51.5 Å². The van der Waals surface area contributed by atoms with Crippen LogP contribution in [-0.4, -0.2) is 53.2 Å². The zero-order valence-corrected chi connectivity index (χ0v) is 18.7. The molecule has 31 heavy (non-hydrogen) atoms. The molecule has 0 bridgehead atoms. The van der Waals surface area contributed by atoms with Crippen LogP contribution in [0.4, 0.5) is 0 Å². The zero-order chi connectivity index (χ0) is 22.2. The number of thiophene rings is 1. The fourth-order valence-electron chi connectivity index (χ4n) is 3.80. The van der Waals surface area contributed by atoms with E-state index in [1.165, 1.54) is 22.2 Å². The Balaban J connectivity index is 1.58. The Bertz CT molecular complexity index is 1250. The fraction of sp³-hybridized carbons (Fsp3) is 0.350. The standard InChI is InChI=1S/C20H22N4O5S2/c1-22-20(26)24(15-6-4-3-5-7-15)18(21-22)14-8-11-23(12-9-14)31(27,28)16-10-13-30-17(16)19(25)29-2/h3-7,10,13-14H,8-9,11-12H2,1-2H3. The second-order valence-electron chi connectivity index (χ2n) is 7.22. The second-order valence-corrected chi connectivity index (χ2v) is 10.0. The summed E-state index contributed by atoms with van der Waals surface area (Å²) < 4.78 is 35.2. The zero-order valence-electron chi connectivity index (χ0n) is 17.1. The van der Waals surface area contributed by atoms with Crippen molar-refractivity contribution in [3.8, 4) is 5.69 Å². The number of rotatable bonds is 5. The first-order valence-corrected chi connectivity index (χ1v) is 12.0. The van der Waals surface area contributed by atoms with E-state index in [0.717, 1.165) is 17.0 Å². The summed E-state index contributed by atoms with van der Waals surface area (Å²) in [5, 5.41) is 6.00. The molecule has 0 N–H and O–H groups in total. The molecular formula is C20H22N4O5S2. The normalized spacial score (nSPS) is 15.8. The molecule has 3 heterocycles. The van der Waals surface area contributed by atoms with Crippen LogP contribution in [-0.2, 0) is 21.8 Å². The third-order valence-corrected chi connectivity index (χ3v) is 8.37. The van der Waals surface area contributed by atoms with Gasteiger partial charge in [-0.1, -0.05) is 18.2 Å². The number of para-hydroxylation sites is 1. The molecular weight excluding hydrogens is 440 g/mol. The molecule has 1 aliphatic rings. The molecule has 11 heteroatoms. The number of methoxy groups -OCH3 is 1. The van der Waals surface area contributed by atoms with Crippen LogP contribution in [0, 0.1) is 0 Å². The van der Waals surface area contributed by atoms with Gasteiger partial charge in [0.2, 0.25) is 10.0 Å². The van der Waals surface area contributed by atoms with Gasteiger partial charge >= 0.3 is 11.7 Å². The first-order valence-electron chi connectivity index (χ1n) is 9.72. The summed E-state index contributed by atoms with van der Waals surface area (Å²) in [5.74, 6) is -0.103. The first kappa shape index (κ1) is 21.5. The van der Waals surface area contributed by atoms with Gasteiger partial charge < -0.3 is 4.74 Å². The van der Waals surface area contributed by atoms with Crippen molar-refractivity contribution in [3.63, 3.8) is 0 Å². The van der Waals surface area contributed by atoms with E-state index in [1.54, 1.807) is 17.0 Å². The number of ether oxygens (including phenoxy) is 1. The highest BCUT2D eigenvalue weighted by Crippen LogP contribution is 2.32. The number of hydrogen-bond acceptors (Lipinski definition) is 7. The van der Waals surface area contributed by atoms with Crippen LogP contribution in [0.3, 0.4) is 0 Å². The highest BCUT2D eigenvalue weighted by molar-refractivity contribution is 7.89. The van der Waals surface area contributed by atoms with Gasteiger partial charge in [-0.2, -0.15) is 9.40 Å². The van der Waals surface area contributed by atoms with Crippen LogP contribution >= 0.6 is 11.3 Å². The van der Waals surface area contributed by atoms with Crippen molar-refractivity contribution in [1.29, 1.82) is 0 Å². The minimum absolute atomic E-state index is 0.0261. The number of carbonyl (C=O) groups excluding carboxylic acids is 1. The van der Waals surface area contributed by atoms with Crippen molar-refractivity contribution in [2.75, 3.05) is 20.2 Å². The van der Waals surface area contributed by atoms with Gasteiger partial charge in [-0.05, 0) is 36.4 Å². The highest BCUT2D eigenvalue weighted by atomic mass is 32.2. The topological polar surface area (TPSA) is 104 Å². The predicted octanol–water partition coefficient (Wildman–Crippen LogP) is 1.99. The van der Waals surface area contributed by atoms with E-state index in [-0.39, 0.29) is 34.5 Å². The molecule has 2 aromatic heterocycles. The molecule has 1 saturated heterocycles. The average Bonchev–Trinajstić information content (AvgIpc) is 3.40. The lowest BCUT2D eigenvalue weighted by Gasteiger charge is -2.30. The first-order chi connectivity index (χ1) is 14.8. The molecule has 164 valence electrons. The number of esters is 1. The maximum Gasteiger partial charge on any atom is 0.350 e. The van der Waals surface area contributed by atoms with Gasteiger partial charge in [0.05, 0.1) is 12.8 Å². The fourth-order valence-corrected chi connectivity index (χ4v) is 6.58. The van der Waals surface area contributed by atoms with E-state index >= 15 is 0 Å².